The Hall–Kier alpha value is -3.16. The van der Waals surface area contributed by atoms with E-state index in [9.17, 15) is 14.4 Å². The van der Waals surface area contributed by atoms with Gasteiger partial charge in [0.1, 0.15) is 5.84 Å². The molecule has 8 heteroatoms. The van der Waals surface area contributed by atoms with E-state index in [-0.39, 0.29) is 54.3 Å². The highest BCUT2D eigenvalue weighted by atomic mass is 16.5. The van der Waals surface area contributed by atoms with Gasteiger partial charge in [-0.2, -0.15) is 0 Å². The van der Waals surface area contributed by atoms with Crippen molar-refractivity contribution in [1.29, 1.82) is 5.41 Å². The number of nitrogen functional groups attached to an aromatic ring is 1. The summed E-state index contributed by atoms with van der Waals surface area (Å²) in [6.07, 6.45) is 0.709. The SMILES string of the molecule is C=C(C)[C@@H](NC(=O)CCC(=O)Nc1ccc(C(=N)N)cc1)C1CC1C(=O)OCC. The van der Waals surface area contributed by atoms with Gasteiger partial charge in [-0.15, -0.1) is 0 Å². The topological polar surface area (TPSA) is 134 Å². The Morgan fingerprint density at radius 3 is 2.41 bits per heavy atom. The van der Waals surface area contributed by atoms with Crippen LogP contribution in [0.3, 0.4) is 0 Å². The average molecular weight is 400 g/mol. The maximum Gasteiger partial charge on any atom is 0.309 e. The molecule has 3 atom stereocenters. The van der Waals surface area contributed by atoms with E-state index in [1.807, 2.05) is 6.92 Å². The minimum atomic E-state index is -0.306. The van der Waals surface area contributed by atoms with Gasteiger partial charge in [0.2, 0.25) is 11.8 Å². The molecule has 0 heterocycles. The van der Waals surface area contributed by atoms with Crippen molar-refractivity contribution in [1.82, 2.24) is 5.32 Å². The Morgan fingerprint density at radius 2 is 1.86 bits per heavy atom. The quantitative estimate of drug-likeness (QED) is 0.206. The van der Waals surface area contributed by atoms with Crippen LogP contribution in [0.5, 0.6) is 0 Å². The Morgan fingerprint density at radius 1 is 1.24 bits per heavy atom. The molecule has 1 aliphatic rings. The summed E-state index contributed by atoms with van der Waals surface area (Å²) < 4.78 is 5.03. The van der Waals surface area contributed by atoms with Crippen LogP contribution in [0.1, 0.15) is 38.7 Å². The number of benzene rings is 1. The van der Waals surface area contributed by atoms with Gasteiger partial charge in [0.15, 0.2) is 0 Å². The van der Waals surface area contributed by atoms with E-state index in [0.29, 0.717) is 24.3 Å². The molecule has 5 N–H and O–H groups in total. The lowest BCUT2D eigenvalue weighted by atomic mass is 10.0. The summed E-state index contributed by atoms with van der Waals surface area (Å²) in [6.45, 7) is 7.81. The number of hydrogen-bond donors (Lipinski definition) is 4. The largest absolute Gasteiger partial charge is 0.466 e. The molecule has 1 saturated carbocycles. The third-order valence-corrected chi connectivity index (χ3v) is 4.76. The second kappa shape index (κ2) is 9.86. The number of amidine groups is 1. The molecule has 0 aromatic heterocycles. The number of nitrogens with one attached hydrogen (secondary N) is 3. The predicted octanol–water partition coefficient (Wildman–Crippen LogP) is 1.95. The van der Waals surface area contributed by atoms with Gasteiger partial charge in [-0.25, -0.2) is 0 Å². The van der Waals surface area contributed by atoms with Crippen LogP contribution in [0.4, 0.5) is 5.69 Å². The molecule has 8 nitrogen and oxygen atoms in total. The third kappa shape index (κ3) is 6.44. The Bertz CT molecular complexity index is 803. The molecular weight excluding hydrogens is 372 g/mol. The number of hydrogen-bond acceptors (Lipinski definition) is 5. The number of esters is 1. The lowest BCUT2D eigenvalue weighted by Gasteiger charge is -2.19. The fourth-order valence-corrected chi connectivity index (χ4v) is 3.13. The fourth-order valence-electron chi connectivity index (χ4n) is 3.13. The first kappa shape index (κ1) is 22.1. The Labute approximate surface area is 170 Å². The molecule has 0 radical (unpaired) electrons. The maximum absolute atomic E-state index is 12.3. The third-order valence-electron chi connectivity index (χ3n) is 4.76. The van der Waals surface area contributed by atoms with Crippen molar-refractivity contribution >= 4 is 29.3 Å². The van der Waals surface area contributed by atoms with Crippen molar-refractivity contribution in [2.75, 3.05) is 11.9 Å². The lowest BCUT2D eigenvalue weighted by Crippen LogP contribution is -2.38. The van der Waals surface area contributed by atoms with E-state index in [2.05, 4.69) is 17.2 Å². The number of anilines is 1. The number of carbonyl (C=O) groups excluding carboxylic acids is 3. The first-order chi connectivity index (χ1) is 13.7. The molecule has 1 aromatic carbocycles. The highest BCUT2D eigenvalue weighted by Gasteiger charge is 2.49. The summed E-state index contributed by atoms with van der Waals surface area (Å²) in [5.74, 6) is -1.07. The number of amides is 2. The Balaban J connectivity index is 1.80. The number of nitrogens with two attached hydrogens (primary N) is 1. The van der Waals surface area contributed by atoms with Crippen molar-refractivity contribution in [3.05, 3.63) is 42.0 Å². The van der Waals surface area contributed by atoms with Gasteiger partial charge in [-0.05, 0) is 50.5 Å². The summed E-state index contributed by atoms with van der Waals surface area (Å²) in [4.78, 5) is 36.2. The molecule has 0 bridgehead atoms. The van der Waals surface area contributed by atoms with Gasteiger partial charge >= 0.3 is 5.97 Å². The molecule has 0 saturated heterocycles. The fraction of sp³-hybridized carbons (Fsp3) is 0.429. The second-order valence-corrected chi connectivity index (χ2v) is 7.19. The summed E-state index contributed by atoms with van der Waals surface area (Å²) in [5, 5.41) is 12.9. The van der Waals surface area contributed by atoms with Gasteiger partial charge in [-0.1, -0.05) is 12.2 Å². The molecule has 0 aliphatic heterocycles. The van der Waals surface area contributed by atoms with Crippen LogP contribution in [-0.4, -0.2) is 36.3 Å². The zero-order chi connectivity index (χ0) is 21.6. The van der Waals surface area contributed by atoms with Crippen LogP contribution in [0, 0.1) is 17.2 Å². The van der Waals surface area contributed by atoms with E-state index in [0.717, 1.165) is 5.57 Å². The molecule has 0 spiro atoms. The molecule has 29 heavy (non-hydrogen) atoms. The molecule has 1 fully saturated rings. The molecule has 2 rings (SSSR count). The van der Waals surface area contributed by atoms with Gasteiger partial charge < -0.3 is 21.1 Å². The summed E-state index contributed by atoms with van der Waals surface area (Å²) >= 11 is 0. The van der Waals surface area contributed by atoms with E-state index in [1.165, 1.54) is 0 Å². The van der Waals surface area contributed by atoms with Crippen LogP contribution in [-0.2, 0) is 19.1 Å². The summed E-state index contributed by atoms with van der Waals surface area (Å²) in [6, 6.07) is 6.26. The molecule has 156 valence electrons. The minimum Gasteiger partial charge on any atom is -0.466 e. The average Bonchev–Trinajstić information content (AvgIpc) is 3.45. The lowest BCUT2D eigenvalue weighted by molar-refractivity contribution is -0.145. The van der Waals surface area contributed by atoms with Gasteiger partial charge in [0.25, 0.3) is 0 Å². The maximum atomic E-state index is 12.3. The van der Waals surface area contributed by atoms with Crippen molar-refractivity contribution in [3.8, 4) is 0 Å². The van der Waals surface area contributed by atoms with Crippen molar-refractivity contribution < 1.29 is 19.1 Å². The van der Waals surface area contributed by atoms with Crippen molar-refractivity contribution in [2.45, 2.75) is 39.2 Å². The van der Waals surface area contributed by atoms with Crippen LogP contribution in [0.2, 0.25) is 0 Å². The van der Waals surface area contributed by atoms with E-state index < -0.39 is 0 Å². The Kier molecular flexibility index (Phi) is 7.52. The molecular formula is C21H28N4O4. The van der Waals surface area contributed by atoms with Gasteiger partial charge in [0.05, 0.1) is 18.6 Å². The highest BCUT2D eigenvalue weighted by molar-refractivity contribution is 5.96. The molecule has 1 aromatic rings. The van der Waals surface area contributed by atoms with E-state index >= 15 is 0 Å². The first-order valence-electron chi connectivity index (χ1n) is 9.58. The van der Waals surface area contributed by atoms with Crippen LogP contribution in [0.15, 0.2) is 36.4 Å². The smallest absolute Gasteiger partial charge is 0.309 e. The molecule has 2 unspecified atom stereocenters. The number of ether oxygens (including phenoxy) is 1. The first-order valence-corrected chi connectivity index (χ1v) is 9.58. The van der Waals surface area contributed by atoms with Crippen molar-refractivity contribution in [3.63, 3.8) is 0 Å². The zero-order valence-electron chi connectivity index (χ0n) is 16.8. The normalized spacial score (nSPS) is 18.3. The number of carbonyl (C=O) groups is 3. The predicted molar refractivity (Wildman–Crippen MR) is 110 cm³/mol. The van der Waals surface area contributed by atoms with Crippen molar-refractivity contribution in [2.24, 2.45) is 17.6 Å². The van der Waals surface area contributed by atoms with Crippen LogP contribution in [0.25, 0.3) is 0 Å². The molecule has 1 aliphatic carbocycles. The summed E-state index contributed by atoms with van der Waals surface area (Å²) in [7, 11) is 0. The van der Waals surface area contributed by atoms with Gasteiger partial charge in [0, 0.05) is 24.1 Å². The van der Waals surface area contributed by atoms with Crippen LogP contribution >= 0.6 is 0 Å². The van der Waals surface area contributed by atoms with E-state index in [1.54, 1.807) is 31.2 Å². The zero-order valence-corrected chi connectivity index (χ0v) is 16.8. The highest BCUT2D eigenvalue weighted by Crippen LogP contribution is 2.43. The second-order valence-electron chi connectivity index (χ2n) is 7.19. The van der Waals surface area contributed by atoms with Gasteiger partial charge in [-0.3, -0.25) is 19.8 Å². The monoisotopic (exact) mass is 400 g/mol. The minimum absolute atomic E-state index is 0.0101. The van der Waals surface area contributed by atoms with Crippen LogP contribution < -0.4 is 16.4 Å². The summed E-state index contributed by atoms with van der Waals surface area (Å²) in [5.41, 5.74) is 7.29. The molecule has 2 amide bonds. The standard InChI is InChI=1S/C21H28N4O4/c1-4-29-21(28)16-11-15(16)19(12(2)3)25-18(27)10-9-17(26)24-14-7-5-13(6-8-14)20(22)23/h5-8,15-16,19H,2,4,9-11H2,1,3H3,(H3,22,23)(H,24,26)(H,25,27)/t15?,16?,19-/m1/s1. The number of rotatable bonds is 10. The van der Waals surface area contributed by atoms with E-state index in [4.69, 9.17) is 15.9 Å².